The van der Waals surface area contributed by atoms with E-state index in [1.165, 1.54) is 30.3 Å². The monoisotopic (exact) mass is 512 g/mol. The summed E-state index contributed by atoms with van der Waals surface area (Å²) in [6, 6.07) is 24.4. The van der Waals surface area contributed by atoms with Gasteiger partial charge in [-0.25, -0.2) is 8.42 Å². The molecule has 10 heteroatoms. The Morgan fingerprint density at radius 2 is 1.32 bits per heavy atom. The predicted octanol–water partition coefficient (Wildman–Crippen LogP) is 5.84. The molecule has 0 saturated heterocycles. The number of benzene rings is 4. The number of anilines is 2. The first kappa shape index (κ1) is 22.3. The second kappa shape index (κ2) is 8.35. The molecule has 34 heavy (non-hydrogen) atoms. The van der Waals surface area contributed by atoms with Crippen LogP contribution in [0, 0.1) is 0 Å². The highest BCUT2D eigenvalue weighted by Gasteiger charge is 2.24. The first-order chi connectivity index (χ1) is 16.2. The number of rotatable bonds is 6. The van der Waals surface area contributed by atoms with Gasteiger partial charge in [0.15, 0.2) is 0 Å². The van der Waals surface area contributed by atoms with E-state index in [-0.39, 0.29) is 26.4 Å². The van der Waals surface area contributed by atoms with Gasteiger partial charge in [-0.2, -0.15) is 8.42 Å². The quantitative estimate of drug-likeness (QED) is 0.297. The van der Waals surface area contributed by atoms with Crippen molar-refractivity contribution in [2.24, 2.45) is 0 Å². The summed E-state index contributed by atoms with van der Waals surface area (Å²) in [5.74, 6) is 0. The Morgan fingerprint density at radius 3 is 2.12 bits per heavy atom. The average Bonchev–Trinajstić information content (AvgIpc) is 3.26. The highest BCUT2D eigenvalue weighted by Crippen LogP contribution is 2.32. The van der Waals surface area contributed by atoms with E-state index >= 15 is 0 Å². The summed E-state index contributed by atoms with van der Waals surface area (Å²) in [5.41, 5.74) is 0.375. The zero-order valence-electron chi connectivity index (χ0n) is 17.4. The fourth-order valence-electron chi connectivity index (χ4n) is 3.60. The van der Waals surface area contributed by atoms with Gasteiger partial charge in [0.1, 0.15) is 5.58 Å². The summed E-state index contributed by atoms with van der Waals surface area (Å²) >= 11 is 6.09. The molecule has 1 aromatic heterocycles. The van der Waals surface area contributed by atoms with Crippen LogP contribution in [0.1, 0.15) is 0 Å². The van der Waals surface area contributed by atoms with Gasteiger partial charge in [0.2, 0.25) is 5.09 Å². The number of hydrogen-bond acceptors (Lipinski definition) is 5. The van der Waals surface area contributed by atoms with Gasteiger partial charge in [0, 0.05) is 21.9 Å². The van der Waals surface area contributed by atoms with Gasteiger partial charge in [-0.15, -0.1) is 0 Å². The number of halogens is 1. The van der Waals surface area contributed by atoms with Crippen LogP contribution in [-0.2, 0) is 20.0 Å². The lowest BCUT2D eigenvalue weighted by atomic mass is 10.1. The van der Waals surface area contributed by atoms with E-state index in [1.54, 1.807) is 42.5 Å². The normalized spacial score (nSPS) is 12.1. The minimum absolute atomic E-state index is 0.0111. The Hall–Kier alpha value is -3.53. The predicted molar refractivity (Wildman–Crippen MR) is 133 cm³/mol. The molecular formula is C24H17ClN2O5S2. The van der Waals surface area contributed by atoms with Crippen LogP contribution in [0.5, 0.6) is 0 Å². The van der Waals surface area contributed by atoms with Crippen LogP contribution in [0.4, 0.5) is 11.4 Å². The van der Waals surface area contributed by atoms with Crippen molar-refractivity contribution >= 4 is 64.8 Å². The molecule has 5 rings (SSSR count). The molecule has 0 spiro atoms. The molecular weight excluding hydrogens is 496 g/mol. The molecule has 7 nitrogen and oxygen atoms in total. The lowest BCUT2D eigenvalue weighted by Gasteiger charge is -2.15. The van der Waals surface area contributed by atoms with Crippen LogP contribution < -0.4 is 9.44 Å². The molecule has 0 atom stereocenters. The van der Waals surface area contributed by atoms with E-state index in [9.17, 15) is 16.8 Å². The van der Waals surface area contributed by atoms with E-state index in [0.717, 1.165) is 5.39 Å². The van der Waals surface area contributed by atoms with E-state index in [1.807, 2.05) is 18.2 Å². The van der Waals surface area contributed by atoms with Crippen molar-refractivity contribution < 1.29 is 21.3 Å². The smallest absolute Gasteiger partial charge is 0.295 e. The van der Waals surface area contributed by atoms with Gasteiger partial charge in [-0.1, -0.05) is 66.2 Å². The summed E-state index contributed by atoms with van der Waals surface area (Å²) in [4.78, 5) is 0.0617. The van der Waals surface area contributed by atoms with Crippen molar-refractivity contribution in [2.75, 3.05) is 9.44 Å². The van der Waals surface area contributed by atoms with Crippen molar-refractivity contribution in [3.8, 4) is 0 Å². The number of furan rings is 1. The Kier molecular flexibility index (Phi) is 5.47. The maximum absolute atomic E-state index is 13.3. The molecule has 0 fully saturated rings. The highest BCUT2D eigenvalue weighted by atomic mass is 35.5. The minimum atomic E-state index is -4.18. The molecule has 5 aromatic rings. The highest BCUT2D eigenvalue weighted by molar-refractivity contribution is 7.93. The van der Waals surface area contributed by atoms with Crippen molar-refractivity contribution in [1.82, 2.24) is 0 Å². The van der Waals surface area contributed by atoms with Gasteiger partial charge in [-0.05, 0) is 35.7 Å². The fourth-order valence-corrected chi connectivity index (χ4v) is 6.13. The molecule has 4 aromatic carbocycles. The topological polar surface area (TPSA) is 105 Å². The second-order valence-electron chi connectivity index (χ2n) is 7.48. The van der Waals surface area contributed by atoms with E-state index in [0.29, 0.717) is 16.4 Å². The standard InChI is InChI=1S/C24H17ClN2O5S2/c25-18-12-13-20(26-33(28,29)23-11-5-8-16-6-1-3-9-19(16)23)21(15-18)27-34(30,31)24-14-17-7-2-4-10-22(17)32-24/h1-15,26-27H. The van der Waals surface area contributed by atoms with Crippen LogP contribution in [-0.4, -0.2) is 16.8 Å². The molecule has 0 unspecified atom stereocenters. The maximum Gasteiger partial charge on any atom is 0.295 e. The number of para-hydroxylation sites is 1. The van der Waals surface area contributed by atoms with Crippen LogP contribution in [0.3, 0.4) is 0 Å². The Labute approximate surface area is 201 Å². The molecule has 0 saturated carbocycles. The fraction of sp³-hybridized carbons (Fsp3) is 0. The molecule has 0 aliphatic carbocycles. The number of sulfonamides is 2. The zero-order chi connectivity index (χ0) is 23.9. The first-order valence-corrected chi connectivity index (χ1v) is 13.4. The summed E-state index contributed by atoms with van der Waals surface area (Å²) in [6.45, 7) is 0. The minimum Gasteiger partial charge on any atom is -0.443 e. The molecule has 1 heterocycles. The number of nitrogens with one attached hydrogen (secondary N) is 2. The zero-order valence-corrected chi connectivity index (χ0v) is 19.8. The lowest BCUT2D eigenvalue weighted by Crippen LogP contribution is -2.17. The molecule has 0 radical (unpaired) electrons. The van der Waals surface area contributed by atoms with Crippen molar-refractivity contribution in [3.63, 3.8) is 0 Å². The van der Waals surface area contributed by atoms with E-state index < -0.39 is 20.0 Å². The van der Waals surface area contributed by atoms with Gasteiger partial charge >= 0.3 is 0 Å². The van der Waals surface area contributed by atoms with Crippen molar-refractivity contribution in [3.05, 3.63) is 96.0 Å². The SMILES string of the molecule is O=S(=O)(Nc1cc(Cl)ccc1NS(=O)(=O)c1cccc2ccccc12)c1cc2ccccc2o1. The molecule has 0 aliphatic heterocycles. The third-order valence-electron chi connectivity index (χ3n) is 5.18. The Balaban J connectivity index is 1.53. The van der Waals surface area contributed by atoms with Gasteiger partial charge in [0.05, 0.1) is 16.3 Å². The Bertz CT molecular complexity index is 1720. The van der Waals surface area contributed by atoms with Crippen molar-refractivity contribution in [2.45, 2.75) is 9.99 Å². The Morgan fingerprint density at radius 1 is 0.647 bits per heavy atom. The summed E-state index contributed by atoms with van der Waals surface area (Å²) < 4.78 is 62.9. The first-order valence-electron chi connectivity index (χ1n) is 10.0. The molecule has 0 bridgehead atoms. The van der Waals surface area contributed by atoms with Crippen LogP contribution in [0.25, 0.3) is 21.7 Å². The number of fused-ring (bicyclic) bond motifs is 2. The maximum atomic E-state index is 13.3. The summed E-state index contributed by atoms with van der Waals surface area (Å²) in [7, 11) is -8.25. The van der Waals surface area contributed by atoms with Crippen LogP contribution in [0.15, 0.2) is 105 Å². The van der Waals surface area contributed by atoms with Gasteiger partial charge < -0.3 is 4.42 Å². The molecule has 0 aliphatic rings. The van der Waals surface area contributed by atoms with Crippen molar-refractivity contribution in [1.29, 1.82) is 0 Å². The third-order valence-corrected chi connectivity index (χ3v) is 8.06. The van der Waals surface area contributed by atoms with Gasteiger partial charge in [0.25, 0.3) is 20.0 Å². The summed E-state index contributed by atoms with van der Waals surface area (Å²) in [6.07, 6.45) is 0. The largest absolute Gasteiger partial charge is 0.443 e. The molecule has 0 amide bonds. The van der Waals surface area contributed by atoms with Gasteiger partial charge in [-0.3, -0.25) is 9.44 Å². The summed E-state index contributed by atoms with van der Waals surface area (Å²) in [5, 5.41) is 1.82. The number of hydrogen-bond donors (Lipinski definition) is 2. The molecule has 2 N–H and O–H groups in total. The molecule has 172 valence electrons. The second-order valence-corrected chi connectivity index (χ2v) is 11.2. The van der Waals surface area contributed by atoms with E-state index in [4.69, 9.17) is 16.0 Å². The lowest BCUT2D eigenvalue weighted by molar-refractivity contribution is 0.484. The van der Waals surface area contributed by atoms with Crippen LogP contribution >= 0.6 is 11.6 Å². The van der Waals surface area contributed by atoms with E-state index in [2.05, 4.69) is 9.44 Å². The third kappa shape index (κ3) is 4.21. The average molecular weight is 513 g/mol. The van der Waals surface area contributed by atoms with Crippen LogP contribution in [0.2, 0.25) is 5.02 Å².